The van der Waals surface area contributed by atoms with E-state index in [2.05, 4.69) is 23.6 Å². The molecule has 110 valence electrons. The van der Waals surface area contributed by atoms with Crippen molar-refractivity contribution in [3.63, 3.8) is 0 Å². The van der Waals surface area contributed by atoms with Crippen molar-refractivity contribution in [2.24, 2.45) is 0 Å². The third-order valence-corrected chi connectivity index (χ3v) is 4.44. The Labute approximate surface area is 120 Å². The minimum absolute atomic E-state index is 0.139. The quantitative estimate of drug-likeness (QED) is 0.912. The van der Waals surface area contributed by atoms with Crippen molar-refractivity contribution in [2.75, 3.05) is 32.9 Å². The molecule has 1 aromatic rings. The van der Waals surface area contributed by atoms with Crippen LogP contribution in [-0.2, 0) is 0 Å². The zero-order chi connectivity index (χ0) is 14.3. The Morgan fingerprint density at radius 2 is 2.10 bits per heavy atom. The lowest BCUT2D eigenvalue weighted by molar-refractivity contribution is 0.0624. The van der Waals surface area contributed by atoms with Crippen LogP contribution in [0.1, 0.15) is 42.2 Å². The van der Waals surface area contributed by atoms with Gasteiger partial charge in [0.2, 0.25) is 0 Å². The van der Waals surface area contributed by atoms with E-state index in [9.17, 15) is 4.79 Å². The molecule has 2 fully saturated rings. The molecule has 0 spiro atoms. The summed E-state index contributed by atoms with van der Waals surface area (Å²) >= 11 is 0. The Kier molecular flexibility index (Phi) is 3.46. The van der Waals surface area contributed by atoms with E-state index < -0.39 is 0 Å². The molecule has 1 unspecified atom stereocenters. The fourth-order valence-electron chi connectivity index (χ4n) is 3.05. The Hall–Kier alpha value is -1.49. The van der Waals surface area contributed by atoms with Crippen molar-refractivity contribution in [1.29, 1.82) is 0 Å². The second-order valence-electron chi connectivity index (χ2n) is 6.31. The molecule has 0 aromatic carbocycles. The highest BCUT2D eigenvalue weighted by Gasteiger charge is 2.31. The van der Waals surface area contributed by atoms with Crippen LogP contribution in [0.4, 0.5) is 5.69 Å². The zero-order valence-corrected chi connectivity index (χ0v) is 12.4. The van der Waals surface area contributed by atoms with E-state index in [-0.39, 0.29) is 5.91 Å². The summed E-state index contributed by atoms with van der Waals surface area (Å²) in [5.41, 5.74) is 7.35. The van der Waals surface area contributed by atoms with Gasteiger partial charge in [0.25, 0.3) is 5.91 Å². The predicted octanol–water partition coefficient (Wildman–Crippen LogP) is 1.57. The number of hydrogen-bond donors (Lipinski definition) is 1. The third kappa shape index (κ3) is 2.54. The van der Waals surface area contributed by atoms with Crippen LogP contribution < -0.4 is 5.73 Å². The van der Waals surface area contributed by atoms with Crippen molar-refractivity contribution in [2.45, 2.75) is 37.8 Å². The lowest BCUT2D eigenvalue weighted by Gasteiger charge is -2.36. The lowest BCUT2D eigenvalue weighted by Crippen LogP contribution is -2.47. The van der Waals surface area contributed by atoms with Crippen LogP contribution in [0.5, 0.6) is 0 Å². The molecule has 3 rings (SSSR count). The van der Waals surface area contributed by atoms with Crippen molar-refractivity contribution in [3.8, 4) is 0 Å². The highest BCUT2D eigenvalue weighted by Crippen LogP contribution is 2.37. The van der Waals surface area contributed by atoms with Crippen LogP contribution in [0.3, 0.4) is 0 Å². The molecule has 2 N–H and O–H groups in total. The normalized spacial score (nSPS) is 23.4. The van der Waals surface area contributed by atoms with E-state index >= 15 is 0 Å². The first kappa shape index (κ1) is 13.5. The van der Waals surface area contributed by atoms with Gasteiger partial charge in [-0.3, -0.25) is 4.79 Å². The topological polar surface area (TPSA) is 54.5 Å². The molecular weight excluding hydrogens is 252 g/mol. The second-order valence-corrected chi connectivity index (χ2v) is 6.31. The van der Waals surface area contributed by atoms with Crippen molar-refractivity contribution in [1.82, 2.24) is 14.4 Å². The van der Waals surface area contributed by atoms with E-state index in [1.807, 2.05) is 17.2 Å². The SMILES string of the molecule is CN(C)C1CCCN(C(=O)c2cc(N)cn2C2CC2)C1. The maximum Gasteiger partial charge on any atom is 0.270 e. The number of nitrogens with zero attached hydrogens (tertiary/aromatic N) is 3. The Bertz CT molecular complexity index is 504. The molecule has 2 aliphatic rings. The number of carbonyl (C=O) groups excluding carboxylic acids is 1. The van der Waals surface area contributed by atoms with Crippen LogP contribution in [-0.4, -0.2) is 53.5 Å². The number of anilines is 1. The number of nitrogen functional groups attached to an aromatic ring is 1. The summed E-state index contributed by atoms with van der Waals surface area (Å²) < 4.78 is 2.08. The molecule has 0 bridgehead atoms. The van der Waals surface area contributed by atoms with Gasteiger partial charge in [-0.1, -0.05) is 0 Å². The summed E-state index contributed by atoms with van der Waals surface area (Å²) in [5, 5.41) is 0. The summed E-state index contributed by atoms with van der Waals surface area (Å²) in [6.45, 7) is 1.68. The number of amides is 1. The molecule has 1 aromatic heterocycles. The monoisotopic (exact) mass is 276 g/mol. The summed E-state index contributed by atoms with van der Waals surface area (Å²) in [6.07, 6.45) is 6.48. The number of likely N-dealkylation sites (tertiary alicyclic amines) is 1. The number of hydrogen-bond acceptors (Lipinski definition) is 3. The van der Waals surface area contributed by atoms with Gasteiger partial charge >= 0.3 is 0 Å². The minimum Gasteiger partial charge on any atom is -0.397 e. The first-order valence-corrected chi connectivity index (χ1v) is 7.49. The predicted molar refractivity (Wildman–Crippen MR) is 79.7 cm³/mol. The molecule has 5 heteroatoms. The molecule has 1 saturated carbocycles. The minimum atomic E-state index is 0.139. The van der Waals surface area contributed by atoms with Gasteiger partial charge in [-0.15, -0.1) is 0 Å². The van der Waals surface area contributed by atoms with Gasteiger partial charge in [0.15, 0.2) is 0 Å². The molecule has 20 heavy (non-hydrogen) atoms. The van der Waals surface area contributed by atoms with Crippen LogP contribution in [0.25, 0.3) is 0 Å². The number of rotatable bonds is 3. The van der Waals surface area contributed by atoms with Crippen LogP contribution in [0.2, 0.25) is 0 Å². The average molecular weight is 276 g/mol. The fraction of sp³-hybridized carbons (Fsp3) is 0.667. The molecule has 1 atom stereocenters. The first-order chi connectivity index (χ1) is 9.56. The van der Waals surface area contributed by atoms with Gasteiger partial charge in [0.1, 0.15) is 5.69 Å². The van der Waals surface area contributed by atoms with Gasteiger partial charge in [0.05, 0.1) is 5.69 Å². The molecule has 1 aliphatic heterocycles. The van der Waals surface area contributed by atoms with Crippen LogP contribution in [0, 0.1) is 0 Å². The molecule has 1 saturated heterocycles. The highest BCUT2D eigenvalue weighted by atomic mass is 16.2. The molecule has 5 nitrogen and oxygen atoms in total. The zero-order valence-electron chi connectivity index (χ0n) is 12.4. The maximum absolute atomic E-state index is 12.8. The largest absolute Gasteiger partial charge is 0.397 e. The smallest absolute Gasteiger partial charge is 0.270 e. The Morgan fingerprint density at radius 3 is 2.75 bits per heavy atom. The number of aromatic nitrogens is 1. The molecular formula is C15H24N4O. The van der Waals surface area contributed by atoms with Gasteiger partial charge < -0.3 is 20.1 Å². The lowest BCUT2D eigenvalue weighted by atomic mass is 10.0. The summed E-state index contributed by atoms with van der Waals surface area (Å²) in [4.78, 5) is 17.0. The van der Waals surface area contributed by atoms with Crippen molar-refractivity contribution >= 4 is 11.6 Å². The van der Waals surface area contributed by atoms with Gasteiger partial charge in [-0.05, 0) is 45.8 Å². The van der Waals surface area contributed by atoms with Gasteiger partial charge in [0, 0.05) is 31.4 Å². The van der Waals surface area contributed by atoms with E-state index in [1.165, 1.54) is 6.42 Å². The third-order valence-electron chi connectivity index (χ3n) is 4.44. The highest BCUT2D eigenvalue weighted by molar-refractivity contribution is 5.94. The molecule has 1 aliphatic carbocycles. The Morgan fingerprint density at radius 1 is 1.35 bits per heavy atom. The van der Waals surface area contributed by atoms with E-state index in [0.29, 0.717) is 17.8 Å². The fourth-order valence-corrected chi connectivity index (χ4v) is 3.05. The number of nitrogens with two attached hydrogens (primary N) is 1. The van der Waals surface area contributed by atoms with Gasteiger partial charge in [-0.2, -0.15) is 0 Å². The van der Waals surface area contributed by atoms with E-state index in [4.69, 9.17) is 5.73 Å². The second kappa shape index (κ2) is 5.13. The van der Waals surface area contributed by atoms with Crippen molar-refractivity contribution < 1.29 is 4.79 Å². The maximum atomic E-state index is 12.8. The standard InChI is InChI=1S/C15H24N4O/c1-17(2)13-4-3-7-18(10-13)15(20)14-8-11(16)9-19(14)12-5-6-12/h8-9,12-13H,3-7,10,16H2,1-2H3. The van der Waals surface area contributed by atoms with Crippen LogP contribution >= 0.6 is 0 Å². The molecule has 1 amide bonds. The van der Waals surface area contributed by atoms with Gasteiger partial charge in [-0.25, -0.2) is 0 Å². The van der Waals surface area contributed by atoms with Crippen LogP contribution in [0.15, 0.2) is 12.3 Å². The molecule has 0 radical (unpaired) electrons. The van der Waals surface area contributed by atoms with Crippen molar-refractivity contribution in [3.05, 3.63) is 18.0 Å². The first-order valence-electron chi connectivity index (χ1n) is 7.49. The molecule has 2 heterocycles. The summed E-state index contributed by atoms with van der Waals surface area (Å²) in [6, 6.07) is 2.79. The number of carbonyl (C=O) groups is 1. The van der Waals surface area contributed by atoms with E-state index in [1.54, 1.807) is 0 Å². The average Bonchev–Trinajstić information content (AvgIpc) is 3.21. The Balaban J connectivity index is 1.78. The summed E-state index contributed by atoms with van der Waals surface area (Å²) in [7, 11) is 4.17. The number of likely N-dealkylation sites (N-methyl/N-ethyl adjacent to an activating group) is 1. The number of piperidine rings is 1. The van der Waals surface area contributed by atoms with E-state index in [0.717, 1.165) is 38.0 Å². The summed E-state index contributed by atoms with van der Waals surface area (Å²) in [5.74, 6) is 0.139.